The van der Waals surface area contributed by atoms with Crippen molar-refractivity contribution in [3.05, 3.63) is 48.6 Å². The molecule has 0 heterocycles. The molecular weight excluding hydrogens is 601 g/mol. The fourth-order valence-electron chi connectivity index (χ4n) is 5.78. The Morgan fingerprint density at radius 1 is 0.306 bits per heavy atom. The first-order chi connectivity index (χ1) is 24.3. The van der Waals surface area contributed by atoms with E-state index in [9.17, 15) is 0 Å². The molecular formula is C46H86O3. The molecule has 49 heavy (non-hydrogen) atoms. The van der Waals surface area contributed by atoms with Gasteiger partial charge in [-0.3, -0.25) is 0 Å². The summed E-state index contributed by atoms with van der Waals surface area (Å²) in [7, 11) is 0. The van der Waals surface area contributed by atoms with Crippen molar-refractivity contribution in [2.45, 2.75) is 233 Å². The Morgan fingerprint density at radius 3 is 0.878 bits per heavy atom. The number of rotatable bonds is 40. The average Bonchev–Trinajstić information content (AvgIpc) is 3.11. The van der Waals surface area contributed by atoms with Crippen LogP contribution in [0.15, 0.2) is 48.6 Å². The summed E-state index contributed by atoms with van der Waals surface area (Å²) in [6.45, 7) is 10.5. The van der Waals surface area contributed by atoms with Crippen molar-refractivity contribution in [2.75, 3.05) is 13.2 Å². The molecule has 2 atom stereocenters. The highest BCUT2D eigenvalue weighted by Crippen LogP contribution is 2.17. The third kappa shape index (κ3) is 39.5. The molecule has 0 aliphatic carbocycles. The van der Waals surface area contributed by atoms with Gasteiger partial charge in [0.1, 0.15) is 0 Å². The third-order valence-corrected chi connectivity index (χ3v) is 9.14. The van der Waals surface area contributed by atoms with Crippen LogP contribution < -0.4 is 0 Å². The zero-order chi connectivity index (χ0) is 35.6. The maximum absolute atomic E-state index is 6.47. The molecule has 2 unspecified atom stereocenters. The summed E-state index contributed by atoms with van der Waals surface area (Å²) in [4.78, 5) is 0. The molecule has 0 aromatic carbocycles. The van der Waals surface area contributed by atoms with Crippen molar-refractivity contribution in [3.63, 3.8) is 0 Å². The first-order valence-corrected chi connectivity index (χ1v) is 21.8. The summed E-state index contributed by atoms with van der Waals surface area (Å²) in [5.41, 5.74) is 0. The van der Waals surface area contributed by atoms with Crippen molar-refractivity contribution in [1.29, 1.82) is 0 Å². The third-order valence-electron chi connectivity index (χ3n) is 9.14. The van der Waals surface area contributed by atoms with Crippen LogP contribution in [-0.4, -0.2) is 25.8 Å². The van der Waals surface area contributed by atoms with Crippen LogP contribution in [0.5, 0.6) is 0 Å². The fraction of sp³-hybridized carbons (Fsp3) is 0.826. The lowest BCUT2D eigenvalue weighted by molar-refractivity contribution is -0.248. The predicted molar refractivity (Wildman–Crippen MR) is 218 cm³/mol. The van der Waals surface area contributed by atoms with Gasteiger partial charge in [0.05, 0.1) is 0 Å². The van der Waals surface area contributed by atoms with Gasteiger partial charge >= 0.3 is 0 Å². The van der Waals surface area contributed by atoms with Crippen LogP contribution in [-0.2, 0) is 14.2 Å². The van der Waals surface area contributed by atoms with Crippen LogP contribution in [0.4, 0.5) is 0 Å². The summed E-state index contributed by atoms with van der Waals surface area (Å²) in [5.74, 6) is 0. The molecule has 0 radical (unpaired) electrons. The molecule has 0 aromatic heterocycles. The number of hydrogen-bond acceptors (Lipinski definition) is 3. The van der Waals surface area contributed by atoms with Crippen molar-refractivity contribution in [2.24, 2.45) is 0 Å². The van der Waals surface area contributed by atoms with E-state index in [0.29, 0.717) is 0 Å². The molecule has 0 saturated carbocycles. The van der Waals surface area contributed by atoms with Gasteiger partial charge < -0.3 is 14.2 Å². The minimum atomic E-state index is -0.189. The Labute approximate surface area is 308 Å². The molecule has 0 N–H and O–H groups in total. The summed E-state index contributed by atoms with van der Waals surface area (Å²) in [6.07, 6.45) is 55.8. The number of unbranched alkanes of at least 4 members (excludes halogenated alkanes) is 20. The summed E-state index contributed by atoms with van der Waals surface area (Å²) < 4.78 is 18.9. The molecule has 3 nitrogen and oxygen atoms in total. The first kappa shape index (κ1) is 47.8. The maximum atomic E-state index is 6.47. The largest absolute Gasteiger partial charge is 0.353 e. The molecule has 0 aliphatic heterocycles. The molecule has 0 amide bonds. The van der Waals surface area contributed by atoms with E-state index < -0.39 is 0 Å². The van der Waals surface area contributed by atoms with Gasteiger partial charge in [0, 0.05) is 26.1 Å². The van der Waals surface area contributed by atoms with Crippen LogP contribution in [0, 0.1) is 0 Å². The highest BCUT2D eigenvalue weighted by Gasteiger charge is 2.17. The lowest BCUT2D eigenvalue weighted by atomic mass is 10.1. The topological polar surface area (TPSA) is 27.7 Å². The molecule has 0 rings (SSSR count). The van der Waals surface area contributed by atoms with Gasteiger partial charge in [0.2, 0.25) is 0 Å². The van der Waals surface area contributed by atoms with E-state index in [0.717, 1.165) is 64.6 Å². The second kappa shape index (κ2) is 43.0. The lowest BCUT2D eigenvalue weighted by Gasteiger charge is -2.25. The smallest absolute Gasteiger partial charge is 0.161 e. The highest BCUT2D eigenvalue weighted by atomic mass is 16.8. The SMILES string of the molecule is CCCC/C=C/CCCCCCCC/C=C/CCC(OCCCC)OC(CC/C=C/CCCCCCCC/C=C/CCCC)OCCCC. The van der Waals surface area contributed by atoms with Crippen LogP contribution in [0.1, 0.15) is 220 Å². The van der Waals surface area contributed by atoms with E-state index in [4.69, 9.17) is 14.2 Å². The zero-order valence-corrected chi connectivity index (χ0v) is 33.6. The van der Waals surface area contributed by atoms with Gasteiger partial charge in [0.25, 0.3) is 0 Å². The normalized spacial score (nSPS) is 13.6. The highest BCUT2D eigenvalue weighted by molar-refractivity contribution is 4.84. The van der Waals surface area contributed by atoms with E-state index in [1.54, 1.807) is 0 Å². The molecule has 0 aromatic rings. The van der Waals surface area contributed by atoms with E-state index in [2.05, 4.69) is 76.3 Å². The van der Waals surface area contributed by atoms with Crippen LogP contribution in [0.2, 0.25) is 0 Å². The number of hydrogen-bond donors (Lipinski definition) is 0. The second-order valence-corrected chi connectivity index (χ2v) is 14.2. The average molecular weight is 687 g/mol. The van der Waals surface area contributed by atoms with Crippen molar-refractivity contribution in [1.82, 2.24) is 0 Å². The first-order valence-electron chi connectivity index (χ1n) is 21.8. The molecule has 3 heteroatoms. The van der Waals surface area contributed by atoms with Crippen molar-refractivity contribution in [3.8, 4) is 0 Å². The van der Waals surface area contributed by atoms with Gasteiger partial charge in [-0.15, -0.1) is 0 Å². The second-order valence-electron chi connectivity index (χ2n) is 14.2. The Balaban J connectivity index is 4.24. The Kier molecular flexibility index (Phi) is 42.0. The number of ether oxygens (including phenoxy) is 3. The quantitative estimate of drug-likeness (QED) is 0.0365. The maximum Gasteiger partial charge on any atom is 0.161 e. The van der Waals surface area contributed by atoms with Gasteiger partial charge in [0.15, 0.2) is 12.6 Å². The molecule has 0 bridgehead atoms. The van der Waals surface area contributed by atoms with Crippen molar-refractivity contribution < 1.29 is 14.2 Å². The van der Waals surface area contributed by atoms with E-state index in [1.807, 2.05) is 0 Å². The van der Waals surface area contributed by atoms with Gasteiger partial charge in [-0.25, -0.2) is 0 Å². The van der Waals surface area contributed by atoms with Crippen LogP contribution >= 0.6 is 0 Å². The van der Waals surface area contributed by atoms with E-state index >= 15 is 0 Å². The molecule has 0 aliphatic rings. The van der Waals surface area contributed by atoms with Crippen LogP contribution in [0.3, 0.4) is 0 Å². The van der Waals surface area contributed by atoms with Gasteiger partial charge in [-0.05, 0) is 89.9 Å². The number of allylic oxidation sites excluding steroid dienone is 8. The summed E-state index contributed by atoms with van der Waals surface area (Å²) in [6, 6.07) is 0. The molecule has 288 valence electrons. The Bertz CT molecular complexity index is 664. The standard InChI is InChI=1S/C46H86O3/c1-5-9-13-15-17-19-21-23-25-27-29-31-33-35-37-39-41-45(47-43-11-7-3)49-46(48-44-12-8-4)42-40-38-36-34-32-30-28-26-24-22-20-18-16-14-10-6-2/h15-18,35-38,45-46H,5-14,19-34,39-44H2,1-4H3/b17-15+,18-16+,37-35+,38-36+. The summed E-state index contributed by atoms with van der Waals surface area (Å²) in [5, 5.41) is 0. The van der Waals surface area contributed by atoms with E-state index in [1.165, 1.54) is 141 Å². The molecule has 0 fully saturated rings. The molecule has 0 saturated heterocycles. The van der Waals surface area contributed by atoms with Gasteiger partial charge in [-0.2, -0.15) is 0 Å². The van der Waals surface area contributed by atoms with Crippen LogP contribution in [0.25, 0.3) is 0 Å². The summed E-state index contributed by atoms with van der Waals surface area (Å²) >= 11 is 0. The zero-order valence-electron chi connectivity index (χ0n) is 33.6. The minimum Gasteiger partial charge on any atom is -0.353 e. The Morgan fingerprint density at radius 2 is 0.571 bits per heavy atom. The molecule has 0 spiro atoms. The van der Waals surface area contributed by atoms with Gasteiger partial charge in [-0.1, -0.05) is 166 Å². The Hall–Kier alpha value is -1.16. The van der Waals surface area contributed by atoms with Crippen molar-refractivity contribution >= 4 is 0 Å². The predicted octanol–water partition coefficient (Wildman–Crippen LogP) is 15.7. The fourth-order valence-corrected chi connectivity index (χ4v) is 5.78. The minimum absolute atomic E-state index is 0.189. The van der Waals surface area contributed by atoms with E-state index in [-0.39, 0.29) is 12.6 Å². The monoisotopic (exact) mass is 687 g/mol. The lowest BCUT2D eigenvalue weighted by Crippen LogP contribution is -2.27.